The van der Waals surface area contributed by atoms with Crippen LogP contribution in [0.1, 0.15) is 16.5 Å². The van der Waals surface area contributed by atoms with Gasteiger partial charge in [-0.3, -0.25) is 0 Å². The molecule has 2 aromatic carbocycles. The number of rotatable bonds is 4. The largest absolute Gasteiger partial charge is 0.388 e. The van der Waals surface area contributed by atoms with Crippen LogP contribution in [0.3, 0.4) is 0 Å². The summed E-state index contributed by atoms with van der Waals surface area (Å²) in [5.41, 5.74) is 3.32. The number of hydrogen-bond acceptors (Lipinski definition) is 2. The van der Waals surface area contributed by atoms with Crippen LogP contribution in [-0.4, -0.2) is 5.11 Å². The van der Waals surface area contributed by atoms with Crippen LogP contribution in [0.25, 0.3) is 11.1 Å². The van der Waals surface area contributed by atoms with Crippen molar-refractivity contribution in [1.29, 1.82) is 0 Å². The number of aliphatic hydroxyl groups is 1. The normalized spacial score (nSPS) is 12.3. The van der Waals surface area contributed by atoms with Gasteiger partial charge in [0.05, 0.1) is 6.10 Å². The highest BCUT2D eigenvalue weighted by Gasteiger charge is 2.10. The Morgan fingerprint density at radius 3 is 2.24 bits per heavy atom. The van der Waals surface area contributed by atoms with Gasteiger partial charge in [0.25, 0.3) is 0 Å². The summed E-state index contributed by atoms with van der Waals surface area (Å²) >= 11 is 5.11. The second-order valence-corrected chi connectivity index (χ2v) is 6.85. The van der Waals surface area contributed by atoms with Gasteiger partial charge in [-0.05, 0) is 38.7 Å². The Bertz CT molecular complexity index is 704. The number of thiophene rings is 1. The fraction of sp³-hybridized carbons (Fsp3) is 0.111. The highest BCUT2D eigenvalue weighted by Crippen LogP contribution is 2.27. The average molecular weight is 359 g/mol. The van der Waals surface area contributed by atoms with Gasteiger partial charge in [0.2, 0.25) is 0 Å². The van der Waals surface area contributed by atoms with E-state index in [-0.39, 0.29) is 0 Å². The van der Waals surface area contributed by atoms with Crippen LogP contribution in [0.5, 0.6) is 0 Å². The molecule has 0 radical (unpaired) electrons. The van der Waals surface area contributed by atoms with E-state index in [1.54, 1.807) is 11.3 Å². The second-order valence-electron chi connectivity index (χ2n) is 4.94. The summed E-state index contributed by atoms with van der Waals surface area (Å²) < 4.78 is 1.08. The highest BCUT2D eigenvalue weighted by atomic mass is 79.9. The van der Waals surface area contributed by atoms with E-state index in [9.17, 15) is 5.11 Å². The molecule has 0 aliphatic carbocycles. The molecule has 3 aromatic rings. The molecule has 0 spiro atoms. The van der Waals surface area contributed by atoms with Crippen molar-refractivity contribution in [2.45, 2.75) is 12.5 Å². The van der Waals surface area contributed by atoms with E-state index in [1.807, 2.05) is 35.7 Å². The molecule has 1 N–H and O–H groups in total. The molecule has 3 rings (SSSR count). The van der Waals surface area contributed by atoms with E-state index in [1.165, 1.54) is 16.0 Å². The van der Waals surface area contributed by atoms with Crippen LogP contribution >= 0.6 is 27.3 Å². The third kappa shape index (κ3) is 3.62. The maximum Gasteiger partial charge on any atom is 0.0838 e. The highest BCUT2D eigenvalue weighted by molar-refractivity contribution is 9.10. The third-order valence-electron chi connectivity index (χ3n) is 3.42. The summed E-state index contributed by atoms with van der Waals surface area (Å²) in [5, 5.41) is 12.4. The molecular weight excluding hydrogens is 344 g/mol. The van der Waals surface area contributed by atoms with E-state index in [2.05, 4.69) is 46.3 Å². The van der Waals surface area contributed by atoms with Crippen molar-refractivity contribution in [3.05, 3.63) is 81.0 Å². The van der Waals surface area contributed by atoms with E-state index < -0.39 is 6.10 Å². The summed E-state index contributed by atoms with van der Waals surface area (Å²) in [6.45, 7) is 0. The zero-order valence-corrected chi connectivity index (χ0v) is 13.8. The molecule has 0 bridgehead atoms. The first-order valence-electron chi connectivity index (χ1n) is 6.79. The smallest absolute Gasteiger partial charge is 0.0838 e. The number of halogens is 1. The summed E-state index contributed by atoms with van der Waals surface area (Å²) in [7, 11) is 0. The maximum absolute atomic E-state index is 10.3. The van der Waals surface area contributed by atoms with Crippen molar-refractivity contribution < 1.29 is 5.11 Å². The second kappa shape index (κ2) is 6.56. The maximum atomic E-state index is 10.3. The summed E-state index contributed by atoms with van der Waals surface area (Å²) in [5.74, 6) is 0. The Balaban J connectivity index is 1.74. The molecule has 0 amide bonds. The van der Waals surface area contributed by atoms with Crippen molar-refractivity contribution in [1.82, 2.24) is 0 Å². The van der Waals surface area contributed by atoms with Gasteiger partial charge >= 0.3 is 0 Å². The van der Waals surface area contributed by atoms with Crippen LogP contribution in [-0.2, 0) is 6.42 Å². The van der Waals surface area contributed by atoms with Gasteiger partial charge in [-0.1, -0.05) is 54.6 Å². The third-order valence-corrected chi connectivity index (χ3v) is 5.14. The standard InChI is InChI=1S/C18H15BrOS/c19-16-10-17(21-12-16)11-18(20)15-8-6-14(7-9-15)13-4-2-1-3-5-13/h1-10,12,18,20H,11H2. The summed E-state index contributed by atoms with van der Waals surface area (Å²) in [4.78, 5) is 1.18. The Morgan fingerprint density at radius 2 is 1.62 bits per heavy atom. The Labute approximate surface area is 137 Å². The molecule has 1 nitrogen and oxygen atoms in total. The van der Waals surface area contributed by atoms with Crippen molar-refractivity contribution in [3.8, 4) is 11.1 Å². The molecule has 0 saturated carbocycles. The lowest BCUT2D eigenvalue weighted by Crippen LogP contribution is -2.00. The van der Waals surface area contributed by atoms with E-state index in [0.29, 0.717) is 6.42 Å². The SMILES string of the molecule is OC(Cc1cc(Br)cs1)c1ccc(-c2ccccc2)cc1. The zero-order valence-electron chi connectivity index (χ0n) is 11.4. The van der Waals surface area contributed by atoms with Crippen LogP contribution in [0, 0.1) is 0 Å². The number of benzene rings is 2. The van der Waals surface area contributed by atoms with Gasteiger partial charge < -0.3 is 5.11 Å². The van der Waals surface area contributed by atoms with Crippen molar-refractivity contribution in [2.75, 3.05) is 0 Å². The molecule has 21 heavy (non-hydrogen) atoms. The minimum Gasteiger partial charge on any atom is -0.388 e. The van der Waals surface area contributed by atoms with Gasteiger partial charge in [-0.2, -0.15) is 0 Å². The Kier molecular flexibility index (Phi) is 4.54. The minimum atomic E-state index is -0.458. The van der Waals surface area contributed by atoms with E-state index in [4.69, 9.17) is 0 Å². The molecule has 1 aromatic heterocycles. The van der Waals surface area contributed by atoms with Crippen LogP contribution in [0.4, 0.5) is 0 Å². The fourth-order valence-corrected chi connectivity index (χ4v) is 3.79. The molecule has 0 fully saturated rings. The van der Waals surface area contributed by atoms with Crippen LogP contribution in [0.2, 0.25) is 0 Å². The van der Waals surface area contributed by atoms with Gasteiger partial charge in [0.15, 0.2) is 0 Å². The molecular formula is C18H15BrOS. The monoisotopic (exact) mass is 358 g/mol. The van der Waals surface area contributed by atoms with Crippen molar-refractivity contribution in [3.63, 3.8) is 0 Å². The lowest BCUT2D eigenvalue weighted by Gasteiger charge is -2.11. The zero-order chi connectivity index (χ0) is 14.7. The van der Waals surface area contributed by atoms with Crippen molar-refractivity contribution >= 4 is 27.3 Å². The average Bonchev–Trinajstić information content (AvgIpc) is 2.93. The molecule has 1 atom stereocenters. The molecule has 0 aliphatic rings. The molecule has 0 saturated heterocycles. The first-order chi connectivity index (χ1) is 10.2. The van der Waals surface area contributed by atoms with Crippen LogP contribution < -0.4 is 0 Å². The quantitative estimate of drug-likeness (QED) is 0.656. The Morgan fingerprint density at radius 1 is 0.952 bits per heavy atom. The number of hydrogen-bond donors (Lipinski definition) is 1. The van der Waals surface area contributed by atoms with Gasteiger partial charge in [0.1, 0.15) is 0 Å². The predicted molar refractivity (Wildman–Crippen MR) is 92.6 cm³/mol. The molecule has 0 aliphatic heterocycles. The minimum absolute atomic E-state index is 0.458. The summed E-state index contributed by atoms with van der Waals surface area (Å²) in [6.07, 6.45) is 0.196. The predicted octanol–water partition coefficient (Wildman–Crippen LogP) is 5.45. The van der Waals surface area contributed by atoms with Crippen LogP contribution in [0.15, 0.2) is 70.5 Å². The molecule has 3 heteroatoms. The van der Waals surface area contributed by atoms with Crippen molar-refractivity contribution in [2.24, 2.45) is 0 Å². The van der Waals surface area contributed by atoms with Gasteiger partial charge in [0, 0.05) is 21.2 Å². The topological polar surface area (TPSA) is 20.2 Å². The van der Waals surface area contributed by atoms with E-state index >= 15 is 0 Å². The lowest BCUT2D eigenvalue weighted by molar-refractivity contribution is 0.179. The van der Waals surface area contributed by atoms with Gasteiger partial charge in [-0.15, -0.1) is 11.3 Å². The number of aliphatic hydroxyl groups excluding tert-OH is 1. The fourth-order valence-electron chi connectivity index (χ4n) is 2.30. The molecule has 1 unspecified atom stereocenters. The first-order valence-corrected chi connectivity index (χ1v) is 8.46. The molecule has 106 valence electrons. The molecule has 1 heterocycles. The Hall–Kier alpha value is -1.42. The van der Waals surface area contributed by atoms with Gasteiger partial charge in [-0.25, -0.2) is 0 Å². The van der Waals surface area contributed by atoms with E-state index in [0.717, 1.165) is 10.0 Å². The summed E-state index contributed by atoms with van der Waals surface area (Å²) in [6, 6.07) is 20.5. The lowest BCUT2D eigenvalue weighted by atomic mass is 10.0. The first kappa shape index (κ1) is 14.5.